The monoisotopic (exact) mass is 175 g/mol. The van der Waals surface area contributed by atoms with Crippen molar-refractivity contribution in [1.82, 2.24) is 9.38 Å². The molecule has 1 amide bonds. The average molecular weight is 175 g/mol. The van der Waals surface area contributed by atoms with Crippen LogP contribution in [0.15, 0.2) is 24.5 Å². The van der Waals surface area contributed by atoms with Crippen LogP contribution >= 0.6 is 0 Å². The van der Waals surface area contributed by atoms with E-state index in [0.717, 1.165) is 11.2 Å². The Labute approximate surface area is 75.0 Å². The summed E-state index contributed by atoms with van der Waals surface area (Å²) in [5.41, 5.74) is 7.42. The van der Waals surface area contributed by atoms with Crippen LogP contribution in [0.4, 0.5) is 0 Å². The summed E-state index contributed by atoms with van der Waals surface area (Å²) in [4.78, 5) is 15.0. The quantitative estimate of drug-likeness (QED) is 0.694. The number of nitrogens with zero attached hydrogens (tertiary/aromatic N) is 2. The zero-order valence-electron chi connectivity index (χ0n) is 7.19. The number of nitrogens with two attached hydrogens (primary N) is 1. The molecule has 0 aromatic carbocycles. The van der Waals surface area contributed by atoms with Gasteiger partial charge in [-0.2, -0.15) is 0 Å². The zero-order chi connectivity index (χ0) is 9.42. The first-order valence-corrected chi connectivity index (χ1v) is 3.92. The SMILES string of the molecule is Cc1ccn2c(C(N)=O)cnc2c1. The molecule has 0 aliphatic carbocycles. The Kier molecular flexibility index (Phi) is 1.55. The highest BCUT2D eigenvalue weighted by molar-refractivity contribution is 5.91. The van der Waals surface area contributed by atoms with Crippen molar-refractivity contribution in [2.24, 2.45) is 5.73 Å². The summed E-state index contributed by atoms with van der Waals surface area (Å²) in [5.74, 6) is -0.462. The van der Waals surface area contributed by atoms with Crippen LogP contribution in [-0.2, 0) is 0 Å². The highest BCUT2D eigenvalue weighted by Crippen LogP contribution is 2.07. The summed E-state index contributed by atoms with van der Waals surface area (Å²) < 4.78 is 1.68. The largest absolute Gasteiger partial charge is 0.364 e. The summed E-state index contributed by atoms with van der Waals surface area (Å²) in [5, 5.41) is 0. The van der Waals surface area contributed by atoms with E-state index in [1.807, 2.05) is 19.1 Å². The Hall–Kier alpha value is -1.84. The molecule has 2 aromatic heterocycles. The average Bonchev–Trinajstić information content (AvgIpc) is 2.46. The highest BCUT2D eigenvalue weighted by Gasteiger charge is 2.06. The number of carbonyl (C=O) groups is 1. The lowest BCUT2D eigenvalue weighted by atomic mass is 10.3. The third-order valence-electron chi connectivity index (χ3n) is 1.92. The Morgan fingerprint density at radius 2 is 2.38 bits per heavy atom. The number of fused-ring (bicyclic) bond motifs is 1. The second-order valence-corrected chi connectivity index (χ2v) is 2.94. The van der Waals surface area contributed by atoms with Gasteiger partial charge in [-0.1, -0.05) is 0 Å². The number of amides is 1. The minimum absolute atomic E-state index is 0.412. The number of rotatable bonds is 1. The molecule has 2 rings (SSSR count). The summed E-state index contributed by atoms with van der Waals surface area (Å²) >= 11 is 0. The van der Waals surface area contributed by atoms with Gasteiger partial charge in [-0.25, -0.2) is 4.98 Å². The second kappa shape index (κ2) is 2.58. The molecule has 0 radical (unpaired) electrons. The van der Waals surface area contributed by atoms with E-state index in [2.05, 4.69) is 4.98 Å². The lowest BCUT2D eigenvalue weighted by Crippen LogP contribution is -2.13. The molecule has 0 aliphatic rings. The summed E-state index contributed by atoms with van der Waals surface area (Å²) in [6, 6.07) is 3.80. The maximum Gasteiger partial charge on any atom is 0.267 e. The van der Waals surface area contributed by atoms with Crippen molar-refractivity contribution in [3.63, 3.8) is 0 Å². The highest BCUT2D eigenvalue weighted by atomic mass is 16.1. The molecule has 2 N–H and O–H groups in total. The Balaban J connectivity index is 2.76. The van der Waals surface area contributed by atoms with E-state index >= 15 is 0 Å². The lowest BCUT2D eigenvalue weighted by molar-refractivity contribution is 0.0995. The summed E-state index contributed by atoms with van der Waals surface area (Å²) in [6.07, 6.45) is 3.27. The summed E-state index contributed by atoms with van der Waals surface area (Å²) in [7, 11) is 0. The number of pyridine rings is 1. The topological polar surface area (TPSA) is 60.4 Å². The molecule has 2 heterocycles. The van der Waals surface area contributed by atoms with E-state index in [1.165, 1.54) is 6.20 Å². The van der Waals surface area contributed by atoms with Gasteiger partial charge in [-0.05, 0) is 24.6 Å². The molecule has 4 nitrogen and oxygen atoms in total. The minimum atomic E-state index is -0.462. The molecule has 0 saturated heterocycles. The third-order valence-corrected chi connectivity index (χ3v) is 1.92. The van der Waals surface area contributed by atoms with Gasteiger partial charge in [-0.3, -0.25) is 9.20 Å². The molecule has 0 bridgehead atoms. The maximum absolute atomic E-state index is 10.9. The van der Waals surface area contributed by atoms with Crippen molar-refractivity contribution in [1.29, 1.82) is 0 Å². The van der Waals surface area contributed by atoms with E-state index in [0.29, 0.717) is 5.69 Å². The van der Waals surface area contributed by atoms with E-state index < -0.39 is 5.91 Å². The van der Waals surface area contributed by atoms with Gasteiger partial charge in [0.1, 0.15) is 11.3 Å². The van der Waals surface area contributed by atoms with Gasteiger partial charge in [-0.15, -0.1) is 0 Å². The molecule has 0 spiro atoms. The third kappa shape index (κ3) is 1.16. The number of hydrogen-bond donors (Lipinski definition) is 1. The van der Waals surface area contributed by atoms with Gasteiger partial charge in [0.25, 0.3) is 5.91 Å². The second-order valence-electron chi connectivity index (χ2n) is 2.94. The van der Waals surface area contributed by atoms with Crippen LogP contribution in [0.25, 0.3) is 5.65 Å². The number of imidazole rings is 1. The number of primary amides is 1. The molecular formula is C9H9N3O. The standard InChI is InChI=1S/C9H9N3O/c1-6-2-3-12-7(9(10)13)5-11-8(12)4-6/h2-5H,1H3,(H2,10,13). The molecule has 66 valence electrons. The number of aryl methyl sites for hydroxylation is 1. The normalized spacial score (nSPS) is 10.5. The van der Waals surface area contributed by atoms with E-state index in [4.69, 9.17) is 5.73 Å². The minimum Gasteiger partial charge on any atom is -0.364 e. The molecule has 0 saturated carbocycles. The fourth-order valence-electron chi connectivity index (χ4n) is 1.26. The zero-order valence-corrected chi connectivity index (χ0v) is 7.19. The Bertz CT molecular complexity index is 473. The molecule has 0 aliphatic heterocycles. The number of aromatic nitrogens is 2. The molecule has 2 aromatic rings. The van der Waals surface area contributed by atoms with E-state index in [-0.39, 0.29) is 0 Å². The Morgan fingerprint density at radius 3 is 3.08 bits per heavy atom. The van der Waals surface area contributed by atoms with Crippen molar-refractivity contribution in [3.05, 3.63) is 35.8 Å². The first-order chi connectivity index (χ1) is 6.18. The van der Waals surface area contributed by atoms with Gasteiger partial charge in [0.05, 0.1) is 6.20 Å². The van der Waals surface area contributed by atoms with Gasteiger partial charge >= 0.3 is 0 Å². The van der Waals surface area contributed by atoms with Gasteiger partial charge in [0, 0.05) is 6.20 Å². The number of carbonyl (C=O) groups excluding carboxylic acids is 1. The molecule has 4 heteroatoms. The molecule has 13 heavy (non-hydrogen) atoms. The van der Waals surface area contributed by atoms with Crippen molar-refractivity contribution in [2.75, 3.05) is 0 Å². The maximum atomic E-state index is 10.9. The van der Waals surface area contributed by atoms with Crippen LogP contribution in [-0.4, -0.2) is 15.3 Å². The van der Waals surface area contributed by atoms with Crippen LogP contribution in [0, 0.1) is 6.92 Å². The van der Waals surface area contributed by atoms with Crippen molar-refractivity contribution >= 4 is 11.6 Å². The predicted octanol–water partition coefficient (Wildman–Crippen LogP) is 0.742. The van der Waals surface area contributed by atoms with E-state index in [9.17, 15) is 4.79 Å². The van der Waals surface area contributed by atoms with Crippen molar-refractivity contribution in [2.45, 2.75) is 6.92 Å². The van der Waals surface area contributed by atoms with Crippen LogP contribution in [0.5, 0.6) is 0 Å². The molecule has 0 unspecified atom stereocenters. The van der Waals surface area contributed by atoms with Gasteiger partial charge < -0.3 is 5.73 Å². The van der Waals surface area contributed by atoms with E-state index in [1.54, 1.807) is 10.6 Å². The first-order valence-electron chi connectivity index (χ1n) is 3.92. The lowest BCUT2D eigenvalue weighted by Gasteiger charge is -1.97. The predicted molar refractivity (Wildman–Crippen MR) is 48.4 cm³/mol. The van der Waals surface area contributed by atoms with Crippen LogP contribution in [0.1, 0.15) is 16.1 Å². The van der Waals surface area contributed by atoms with Gasteiger partial charge in [0.2, 0.25) is 0 Å². The van der Waals surface area contributed by atoms with Crippen LogP contribution in [0.2, 0.25) is 0 Å². The van der Waals surface area contributed by atoms with Crippen molar-refractivity contribution < 1.29 is 4.79 Å². The van der Waals surface area contributed by atoms with Crippen LogP contribution < -0.4 is 5.73 Å². The number of hydrogen-bond acceptors (Lipinski definition) is 2. The fraction of sp³-hybridized carbons (Fsp3) is 0.111. The molecule has 0 fully saturated rings. The Morgan fingerprint density at radius 1 is 1.62 bits per heavy atom. The first kappa shape index (κ1) is 7.79. The van der Waals surface area contributed by atoms with Crippen molar-refractivity contribution in [3.8, 4) is 0 Å². The van der Waals surface area contributed by atoms with Gasteiger partial charge in [0.15, 0.2) is 0 Å². The molecular weight excluding hydrogens is 166 g/mol. The smallest absolute Gasteiger partial charge is 0.267 e. The summed E-state index contributed by atoms with van der Waals surface area (Å²) in [6.45, 7) is 1.97. The van der Waals surface area contributed by atoms with Crippen LogP contribution in [0.3, 0.4) is 0 Å². The molecule has 0 atom stereocenters. The fourth-order valence-corrected chi connectivity index (χ4v) is 1.26.